The fourth-order valence-corrected chi connectivity index (χ4v) is 2.37. The molecular weight excluding hydrogens is 230 g/mol. The molecule has 0 aliphatic carbocycles. The summed E-state index contributed by atoms with van der Waals surface area (Å²) in [6.07, 6.45) is 4.30. The highest BCUT2D eigenvalue weighted by molar-refractivity contribution is 4.95. The van der Waals surface area contributed by atoms with E-state index in [1.165, 1.54) is 12.8 Å². The van der Waals surface area contributed by atoms with Crippen molar-refractivity contribution in [2.24, 2.45) is 5.92 Å². The molecule has 18 heavy (non-hydrogen) atoms. The molecule has 2 unspecified atom stereocenters. The van der Waals surface area contributed by atoms with Crippen LogP contribution in [0.2, 0.25) is 0 Å². The Morgan fingerprint density at radius 1 is 1.44 bits per heavy atom. The molecule has 2 rings (SSSR count). The predicted octanol–water partition coefficient (Wildman–Crippen LogP) is 2.10. The Morgan fingerprint density at radius 2 is 2.33 bits per heavy atom. The normalized spacial score (nSPS) is 24.3. The maximum Gasteiger partial charge on any atom is 0.243 e. The van der Waals surface area contributed by atoms with E-state index < -0.39 is 0 Å². The van der Waals surface area contributed by atoms with Gasteiger partial charge in [-0.3, -0.25) is 0 Å². The van der Waals surface area contributed by atoms with Crippen LogP contribution >= 0.6 is 0 Å². The van der Waals surface area contributed by atoms with Gasteiger partial charge in [0.15, 0.2) is 5.82 Å². The molecule has 0 amide bonds. The number of ether oxygens (including phenoxy) is 1. The quantitative estimate of drug-likeness (QED) is 0.787. The first kappa shape index (κ1) is 13.5. The average molecular weight is 253 g/mol. The zero-order valence-corrected chi connectivity index (χ0v) is 11.3. The van der Waals surface area contributed by atoms with E-state index >= 15 is 0 Å². The van der Waals surface area contributed by atoms with Gasteiger partial charge < -0.3 is 14.6 Å². The van der Waals surface area contributed by atoms with Crippen LogP contribution in [0.3, 0.4) is 0 Å². The number of piperidine rings is 1. The van der Waals surface area contributed by atoms with Gasteiger partial charge in [-0.2, -0.15) is 4.98 Å². The van der Waals surface area contributed by atoms with Crippen LogP contribution in [0.5, 0.6) is 0 Å². The lowest BCUT2D eigenvalue weighted by Crippen LogP contribution is -2.31. The van der Waals surface area contributed by atoms with Crippen molar-refractivity contribution in [1.29, 1.82) is 0 Å². The van der Waals surface area contributed by atoms with Crippen LogP contribution in [-0.2, 0) is 11.2 Å². The Balaban J connectivity index is 1.88. The molecule has 0 aromatic carbocycles. The number of nitrogens with one attached hydrogen (secondary N) is 1. The van der Waals surface area contributed by atoms with Crippen molar-refractivity contribution in [1.82, 2.24) is 15.5 Å². The van der Waals surface area contributed by atoms with Crippen molar-refractivity contribution in [2.45, 2.75) is 45.6 Å². The number of aromatic nitrogens is 2. The van der Waals surface area contributed by atoms with Crippen molar-refractivity contribution < 1.29 is 9.26 Å². The molecule has 1 N–H and O–H groups in total. The smallest absolute Gasteiger partial charge is 0.243 e. The second kappa shape index (κ2) is 6.85. The minimum absolute atomic E-state index is 0.233. The van der Waals surface area contributed by atoms with Crippen molar-refractivity contribution in [3.63, 3.8) is 0 Å². The summed E-state index contributed by atoms with van der Waals surface area (Å²) in [4.78, 5) is 4.45. The predicted molar refractivity (Wildman–Crippen MR) is 68.3 cm³/mol. The second-order valence-corrected chi connectivity index (χ2v) is 4.80. The summed E-state index contributed by atoms with van der Waals surface area (Å²) in [5.74, 6) is 2.26. The summed E-state index contributed by atoms with van der Waals surface area (Å²) in [5, 5.41) is 7.46. The standard InChI is InChI=1S/C13H23N3O2/c1-3-10-5-7-14-11(9-10)13-15-12(16-18-13)6-8-17-4-2/h10-11,14H,3-9H2,1-2H3. The van der Waals surface area contributed by atoms with Gasteiger partial charge in [-0.25, -0.2) is 0 Å². The Morgan fingerprint density at radius 3 is 3.11 bits per heavy atom. The molecule has 1 aromatic rings. The number of nitrogens with zero attached hydrogens (tertiary/aromatic N) is 2. The topological polar surface area (TPSA) is 60.2 Å². The molecule has 1 aromatic heterocycles. The van der Waals surface area contributed by atoms with Gasteiger partial charge in [0.2, 0.25) is 5.89 Å². The van der Waals surface area contributed by atoms with Crippen LogP contribution in [0.15, 0.2) is 4.52 Å². The zero-order chi connectivity index (χ0) is 12.8. The molecular formula is C13H23N3O2. The number of rotatable bonds is 6. The van der Waals surface area contributed by atoms with E-state index in [9.17, 15) is 0 Å². The summed E-state index contributed by atoms with van der Waals surface area (Å²) in [7, 11) is 0. The first-order chi connectivity index (χ1) is 8.83. The Hall–Kier alpha value is -0.940. The van der Waals surface area contributed by atoms with Crippen LogP contribution in [0.25, 0.3) is 0 Å². The lowest BCUT2D eigenvalue weighted by atomic mass is 9.90. The van der Waals surface area contributed by atoms with E-state index in [-0.39, 0.29) is 6.04 Å². The van der Waals surface area contributed by atoms with Crippen LogP contribution in [0.4, 0.5) is 0 Å². The highest BCUT2D eigenvalue weighted by Crippen LogP contribution is 2.27. The van der Waals surface area contributed by atoms with Gasteiger partial charge in [-0.1, -0.05) is 18.5 Å². The first-order valence-electron chi connectivity index (χ1n) is 6.97. The van der Waals surface area contributed by atoms with Gasteiger partial charge in [0.25, 0.3) is 0 Å². The maximum atomic E-state index is 5.35. The molecule has 5 heteroatoms. The molecule has 0 bridgehead atoms. The minimum atomic E-state index is 0.233. The zero-order valence-electron chi connectivity index (χ0n) is 11.3. The van der Waals surface area contributed by atoms with Gasteiger partial charge in [-0.05, 0) is 32.2 Å². The third-order valence-electron chi connectivity index (χ3n) is 3.55. The van der Waals surface area contributed by atoms with Crippen LogP contribution in [0, 0.1) is 5.92 Å². The van der Waals surface area contributed by atoms with Crippen LogP contribution in [-0.4, -0.2) is 29.9 Å². The number of hydrogen-bond donors (Lipinski definition) is 1. The molecule has 1 saturated heterocycles. The van der Waals surface area contributed by atoms with E-state index in [0.717, 1.165) is 43.6 Å². The monoisotopic (exact) mass is 253 g/mol. The van der Waals surface area contributed by atoms with Crippen LogP contribution in [0.1, 0.15) is 50.9 Å². The molecule has 5 nitrogen and oxygen atoms in total. The molecule has 1 aliphatic rings. The van der Waals surface area contributed by atoms with E-state index in [2.05, 4.69) is 22.4 Å². The molecule has 1 fully saturated rings. The molecule has 0 saturated carbocycles. The molecule has 1 aliphatic heterocycles. The second-order valence-electron chi connectivity index (χ2n) is 4.80. The molecule has 0 spiro atoms. The molecule has 0 radical (unpaired) electrons. The Kier molecular flexibility index (Phi) is 5.13. The summed E-state index contributed by atoms with van der Waals surface area (Å²) in [6, 6.07) is 0.233. The van der Waals surface area contributed by atoms with Gasteiger partial charge in [0, 0.05) is 13.0 Å². The maximum absolute atomic E-state index is 5.35. The first-order valence-corrected chi connectivity index (χ1v) is 6.97. The average Bonchev–Trinajstić information content (AvgIpc) is 2.88. The highest BCUT2D eigenvalue weighted by Gasteiger charge is 2.25. The van der Waals surface area contributed by atoms with Crippen molar-refractivity contribution >= 4 is 0 Å². The molecule has 2 atom stereocenters. The third-order valence-corrected chi connectivity index (χ3v) is 3.55. The third kappa shape index (κ3) is 3.53. The summed E-state index contributed by atoms with van der Waals surface area (Å²) in [5.41, 5.74) is 0. The van der Waals surface area contributed by atoms with Gasteiger partial charge in [-0.15, -0.1) is 0 Å². The Bertz CT molecular complexity index is 354. The van der Waals surface area contributed by atoms with Crippen molar-refractivity contribution in [3.05, 3.63) is 11.7 Å². The van der Waals surface area contributed by atoms with E-state index in [0.29, 0.717) is 6.61 Å². The highest BCUT2D eigenvalue weighted by atomic mass is 16.5. The fraction of sp³-hybridized carbons (Fsp3) is 0.846. The van der Waals surface area contributed by atoms with E-state index in [4.69, 9.17) is 9.26 Å². The van der Waals surface area contributed by atoms with E-state index in [1.54, 1.807) is 0 Å². The SMILES string of the molecule is CCOCCc1noc(C2CC(CC)CCN2)n1. The lowest BCUT2D eigenvalue weighted by Gasteiger charge is -2.27. The molecule has 2 heterocycles. The number of hydrogen-bond acceptors (Lipinski definition) is 5. The molecule has 102 valence electrons. The van der Waals surface area contributed by atoms with Gasteiger partial charge in [0.1, 0.15) is 0 Å². The van der Waals surface area contributed by atoms with Crippen LogP contribution < -0.4 is 5.32 Å². The van der Waals surface area contributed by atoms with E-state index in [1.807, 2.05) is 6.92 Å². The summed E-state index contributed by atoms with van der Waals surface area (Å²) in [6.45, 7) is 6.66. The van der Waals surface area contributed by atoms with Gasteiger partial charge >= 0.3 is 0 Å². The van der Waals surface area contributed by atoms with Crippen molar-refractivity contribution in [2.75, 3.05) is 19.8 Å². The largest absolute Gasteiger partial charge is 0.381 e. The fourth-order valence-electron chi connectivity index (χ4n) is 2.37. The lowest BCUT2D eigenvalue weighted by molar-refractivity contribution is 0.149. The summed E-state index contributed by atoms with van der Waals surface area (Å²) < 4.78 is 10.6. The van der Waals surface area contributed by atoms with Gasteiger partial charge in [0.05, 0.1) is 12.6 Å². The van der Waals surface area contributed by atoms with Crippen molar-refractivity contribution in [3.8, 4) is 0 Å². The summed E-state index contributed by atoms with van der Waals surface area (Å²) >= 11 is 0. The Labute approximate surface area is 108 Å². The minimum Gasteiger partial charge on any atom is -0.381 e.